The number of fused-ring (bicyclic) bond motifs is 1. The number of amides is 3. The Bertz CT molecular complexity index is 889. The second-order valence-electron chi connectivity index (χ2n) is 6.71. The Hall–Kier alpha value is -2.95. The Morgan fingerprint density at radius 1 is 1.04 bits per heavy atom. The Balaban J connectivity index is 1.61. The fourth-order valence-electron chi connectivity index (χ4n) is 3.29. The maximum absolute atomic E-state index is 12.4. The Morgan fingerprint density at radius 3 is 2.46 bits per heavy atom. The summed E-state index contributed by atoms with van der Waals surface area (Å²) in [5.41, 5.74) is 3.92. The molecule has 1 atom stereocenters. The highest BCUT2D eigenvalue weighted by molar-refractivity contribution is 6.21. The molecule has 1 heterocycles. The molecule has 0 spiro atoms. The SMILES string of the molecule is Cc1ccc2c(c1)C(=O)N(CCC(=O)NC(C)c1ccccc1C)C2=O. The van der Waals surface area contributed by atoms with Crippen LogP contribution in [0.5, 0.6) is 0 Å². The molecule has 2 aromatic rings. The van der Waals surface area contributed by atoms with Gasteiger partial charge in [-0.05, 0) is 44.0 Å². The average molecular weight is 350 g/mol. The molecular weight excluding hydrogens is 328 g/mol. The van der Waals surface area contributed by atoms with Crippen LogP contribution >= 0.6 is 0 Å². The molecule has 0 bridgehead atoms. The van der Waals surface area contributed by atoms with E-state index >= 15 is 0 Å². The second-order valence-corrected chi connectivity index (χ2v) is 6.71. The Labute approximate surface area is 153 Å². The Kier molecular flexibility index (Phi) is 4.89. The van der Waals surface area contributed by atoms with Gasteiger partial charge in [0.05, 0.1) is 17.2 Å². The van der Waals surface area contributed by atoms with E-state index in [0.29, 0.717) is 11.1 Å². The standard InChI is InChI=1S/C21H22N2O3/c1-13-8-9-17-18(12-13)21(26)23(20(17)25)11-10-19(24)22-15(3)16-7-5-4-6-14(16)2/h4-9,12,15H,10-11H2,1-3H3,(H,22,24). The molecule has 5 nitrogen and oxygen atoms in total. The molecule has 1 aliphatic heterocycles. The number of hydrogen-bond donors (Lipinski definition) is 1. The van der Waals surface area contributed by atoms with Crippen molar-refractivity contribution in [1.82, 2.24) is 10.2 Å². The molecule has 0 saturated heterocycles. The molecule has 1 aliphatic rings. The van der Waals surface area contributed by atoms with Gasteiger partial charge in [0.25, 0.3) is 11.8 Å². The lowest BCUT2D eigenvalue weighted by molar-refractivity contribution is -0.121. The van der Waals surface area contributed by atoms with Crippen LogP contribution in [0.4, 0.5) is 0 Å². The van der Waals surface area contributed by atoms with Gasteiger partial charge in [0.1, 0.15) is 0 Å². The quantitative estimate of drug-likeness (QED) is 0.842. The summed E-state index contributed by atoms with van der Waals surface area (Å²) in [5.74, 6) is -0.841. The summed E-state index contributed by atoms with van der Waals surface area (Å²) >= 11 is 0. The summed E-state index contributed by atoms with van der Waals surface area (Å²) in [6.07, 6.45) is 0.0840. The van der Waals surface area contributed by atoms with Crippen LogP contribution in [0.15, 0.2) is 42.5 Å². The van der Waals surface area contributed by atoms with Crippen molar-refractivity contribution in [3.8, 4) is 0 Å². The molecule has 26 heavy (non-hydrogen) atoms. The number of nitrogens with one attached hydrogen (secondary N) is 1. The highest BCUT2D eigenvalue weighted by atomic mass is 16.2. The van der Waals surface area contributed by atoms with Crippen molar-refractivity contribution in [3.05, 3.63) is 70.3 Å². The Morgan fingerprint density at radius 2 is 1.73 bits per heavy atom. The van der Waals surface area contributed by atoms with Crippen LogP contribution in [0.1, 0.15) is 56.8 Å². The lowest BCUT2D eigenvalue weighted by Crippen LogP contribution is -2.35. The zero-order valence-electron chi connectivity index (χ0n) is 15.2. The van der Waals surface area contributed by atoms with Crippen LogP contribution in [0, 0.1) is 13.8 Å². The number of aryl methyl sites for hydroxylation is 2. The number of hydrogen-bond acceptors (Lipinski definition) is 3. The van der Waals surface area contributed by atoms with Gasteiger partial charge >= 0.3 is 0 Å². The monoisotopic (exact) mass is 350 g/mol. The summed E-state index contributed by atoms with van der Waals surface area (Å²) in [4.78, 5) is 38.3. The van der Waals surface area contributed by atoms with E-state index in [0.717, 1.165) is 21.6 Å². The first-order valence-electron chi connectivity index (χ1n) is 8.70. The van der Waals surface area contributed by atoms with Crippen LogP contribution in [-0.4, -0.2) is 29.2 Å². The molecule has 0 aromatic heterocycles. The van der Waals surface area contributed by atoms with Gasteiger partial charge in [-0.15, -0.1) is 0 Å². The highest BCUT2D eigenvalue weighted by Gasteiger charge is 2.35. The first kappa shape index (κ1) is 17.9. The number of carbonyl (C=O) groups is 3. The van der Waals surface area contributed by atoms with Crippen molar-refractivity contribution in [2.45, 2.75) is 33.2 Å². The average Bonchev–Trinajstić information content (AvgIpc) is 2.83. The van der Waals surface area contributed by atoms with Crippen molar-refractivity contribution in [1.29, 1.82) is 0 Å². The summed E-state index contributed by atoms with van der Waals surface area (Å²) in [6, 6.07) is 12.9. The smallest absolute Gasteiger partial charge is 0.261 e. The van der Waals surface area contributed by atoms with Crippen LogP contribution in [-0.2, 0) is 4.79 Å². The predicted octanol–water partition coefficient (Wildman–Crippen LogP) is 3.17. The molecule has 134 valence electrons. The second kappa shape index (κ2) is 7.12. The van der Waals surface area contributed by atoms with E-state index in [2.05, 4.69) is 5.32 Å². The minimum absolute atomic E-state index is 0.0811. The van der Waals surface area contributed by atoms with Crippen LogP contribution in [0.3, 0.4) is 0 Å². The molecule has 1 N–H and O–H groups in total. The van der Waals surface area contributed by atoms with Crippen LogP contribution < -0.4 is 5.32 Å². The van der Waals surface area contributed by atoms with E-state index in [-0.39, 0.29) is 36.7 Å². The maximum atomic E-state index is 12.4. The largest absolute Gasteiger partial charge is 0.350 e. The zero-order valence-corrected chi connectivity index (χ0v) is 15.2. The summed E-state index contributed by atoms with van der Waals surface area (Å²) in [6.45, 7) is 5.88. The van der Waals surface area contributed by atoms with Crippen molar-refractivity contribution in [2.24, 2.45) is 0 Å². The summed E-state index contributed by atoms with van der Waals surface area (Å²) in [5, 5.41) is 2.93. The van der Waals surface area contributed by atoms with Crippen molar-refractivity contribution < 1.29 is 14.4 Å². The van der Waals surface area contributed by atoms with Gasteiger partial charge in [0.15, 0.2) is 0 Å². The van der Waals surface area contributed by atoms with Gasteiger partial charge in [-0.25, -0.2) is 0 Å². The molecule has 0 radical (unpaired) electrons. The van der Waals surface area contributed by atoms with Gasteiger partial charge in [-0.1, -0.05) is 35.9 Å². The molecule has 1 unspecified atom stereocenters. The lowest BCUT2D eigenvalue weighted by atomic mass is 10.0. The fourth-order valence-corrected chi connectivity index (χ4v) is 3.29. The third-order valence-electron chi connectivity index (χ3n) is 4.72. The first-order valence-corrected chi connectivity index (χ1v) is 8.70. The molecule has 5 heteroatoms. The highest BCUT2D eigenvalue weighted by Crippen LogP contribution is 2.24. The van der Waals surface area contributed by atoms with Crippen LogP contribution in [0.25, 0.3) is 0 Å². The van der Waals surface area contributed by atoms with Gasteiger partial charge in [0, 0.05) is 13.0 Å². The topological polar surface area (TPSA) is 66.5 Å². The number of benzene rings is 2. The van der Waals surface area contributed by atoms with E-state index in [9.17, 15) is 14.4 Å². The predicted molar refractivity (Wildman–Crippen MR) is 98.9 cm³/mol. The number of carbonyl (C=O) groups excluding carboxylic acids is 3. The lowest BCUT2D eigenvalue weighted by Gasteiger charge is -2.18. The van der Waals surface area contributed by atoms with E-state index in [1.807, 2.05) is 51.1 Å². The molecule has 0 fully saturated rings. The molecule has 3 amide bonds. The normalized spacial score (nSPS) is 14.3. The summed E-state index contributed by atoms with van der Waals surface area (Å²) < 4.78 is 0. The zero-order chi connectivity index (χ0) is 18.8. The minimum atomic E-state index is -0.329. The van der Waals surface area contributed by atoms with Crippen LogP contribution in [0.2, 0.25) is 0 Å². The fraction of sp³-hybridized carbons (Fsp3) is 0.286. The number of nitrogens with zero attached hydrogens (tertiary/aromatic N) is 1. The summed E-state index contributed by atoms with van der Waals surface area (Å²) in [7, 11) is 0. The number of imide groups is 1. The van der Waals surface area contributed by atoms with Gasteiger partial charge < -0.3 is 5.32 Å². The maximum Gasteiger partial charge on any atom is 0.261 e. The minimum Gasteiger partial charge on any atom is -0.350 e. The van der Waals surface area contributed by atoms with Crippen molar-refractivity contribution >= 4 is 17.7 Å². The van der Waals surface area contributed by atoms with Gasteiger partial charge in [-0.2, -0.15) is 0 Å². The third-order valence-corrected chi connectivity index (χ3v) is 4.72. The van der Waals surface area contributed by atoms with Crippen molar-refractivity contribution in [2.75, 3.05) is 6.54 Å². The van der Waals surface area contributed by atoms with Gasteiger partial charge in [-0.3, -0.25) is 19.3 Å². The molecule has 2 aromatic carbocycles. The van der Waals surface area contributed by atoms with E-state index in [4.69, 9.17) is 0 Å². The van der Waals surface area contributed by atoms with Crippen molar-refractivity contribution in [3.63, 3.8) is 0 Å². The third kappa shape index (κ3) is 3.38. The van der Waals surface area contributed by atoms with E-state index in [1.54, 1.807) is 12.1 Å². The first-order chi connectivity index (χ1) is 12.4. The van der Waals surface area contributed by atoms with Gasteiger partial charge in [0.2, 0.25) is 5.91 Å². The molecular formula is C21H22N2O3. The van der Waals surface area contributed by atoms with E-state index in [1.165, 1.54) is 0 Å². The molecule has 0 saturated carbocycles. The molecule has 0 aliphatic carbocycles. The molecule has 3 rings (SSSR count). The number of rotatable bonds is 5. The van der Waals surface area contributed by atoms with E-state index < -0.39 is 0 Å².